The number of sulfonamides is 1. The van der Waals surface area contributed by atoms with Crippen molar-refractivity contribution in [1.82, 2.24) is 4.72 Å². The molecule has 0 aliphatic heterocycles. The fourth-order valence-corrected chi connectivity index (χ4v) is 3.74. The third-order valence-corrected chi connectivity index (χ3v) is 5.37. The number of hydrogen-bond donors (Lipinski definition) is 1. The van der Waals surface area contributed by atoms with Crippen LogP contribution < -0.4 is 9.46 Å². The van der Waals surface area contributed by atoms with E-state index in [0.717, 1.165) is 29.8 Å². The van der Waals surface area contributed by atoms with E-state index in [-0.39, 0.29) is 11.4 Å². The molecule has 2 heterocycles. The van der Waals surface area contributed by atoms with E-state index in [1.807, 2.05) is 16.8 Å². The minimum absolute atomic E-state index is 0.0900. The number of thiophene rings is 1. The van der Waals surface area contributed by atoms with E-state index in [1.54, 1.807) is 12.1 Å². The van der Waals surface area contributed by atoms with Gasteiger partial charge >= 0.3 is 6.36 Å². The number of nitrogens with one attached hydrogen (secondary N) is 1. The van der Waals surface area contributed by atoms with Gasteiger partial charge in [0.2, 0.25) is 10.0 Å². The van der Waals surface area contributed by atoms with Crippen LogP contribution in [0.3, 0.4) is 0 Å². The molecule has 0 aliphatic rings. The molecule has 26 heavy (non-hydrogen) atoms. The van der Waals surface area contributed by atoms with Crippen molar-refractivity contribution in [2.45, 2.75) is 17.8 Å². The van der Waals surface area contributed by atoms with Gasteiger partial charge in [-0.1, -0.05) is 0 Å². The first-order valence-corrected chi connectivity index (χ1v) is 9.62. The SMILES string of the molecule is O=S(=O)(NCc1ccc(-c2ccsc2)o1)c1ccc(OC(F)(F)F)cc1. The summed E-state index contributed by atoms with van der Waals surface area (Å²) in [6.45, 7) is -0.0900. The molecule has 0 radical (unpaired) electrons. The van der Waals surface area contributed by atoms with Crippen molar-refractivity contribution in [3.05, 3.63) is 59.0 Å². The number of hydrogen-bond acceptors (Lipinski definition) is 5. The van der Waals surface area contributed by atoms with Crippen LogP contribution in [-0.2, 0) is 16.6 Å². The monoisotopic (exact) mass is 403 g/mol. The maximum absolute atomic E-state index is 12.2. The van der Waals surface area contributed by atoms with Gasteiger partial charge in [0.05, 0.1) is 11.4 Å². The van der Waals surface area contributed by atoms with Gasteiger partial charge in [-0.05, 0) is 47.8 Å². The van der Waals surface area contributed by atoms with Crippen LogP contribution in [0.5, 0.6) is 5.75 Å². The molecule has 0 amide bonds. The second kappa shape index (κ2) is 7.14. The summed E-state index contributed by atoms with van der Waals surface area (Å²) in [5.41, 5.74) is 0.893. The zero-order valence-corrected chi connectivity index (χ0v) is 14.6. The highest BCUT2D eigenvalue weighted by Gasteiger charge is 2.31. The van der Waals surface area contributed by atoms with Gasteiger partial charge in [-0.25, -0.2) is 13.1 Å². The van der Waals surface area contributed by atoms with Gasteiger partial charge in [-0.15, -0.1) is 13.2 Å². The van der Waals surface area contributed by atoms with Crippen LogP contribution in [0.15, 0.2) is 62.5 Å². The first kappa shape index (κ1) is 18.5. The normalized spacial score (nSPS) is 12.3. The van der Waals surface area contributed by atoms with Crippen molar-refractivity contribution in [2.24, 2.45) is 0 Å². The van der Waals surface area contributed by atoms with Gasteiger partial charge in [-0.2, -0.15) is 11.3 Å². The Hall–Kier alpha value is -2.30. The van der Waals surface area contributed by atoms with E-state index in [1.165, 1.54) is 11.3 Å². The summed E-state index contributed by atoms with van der Waals surface area (Å²) in [6.07, 6.45) is -4.84. The molecule has 0 aliphatic carbocycles. The van der Waals surface area contributed by atoms with Crippen LogP contribution >= 0.6 is 11.3 Å². The number of furan rings is 1. The Morgan fingerprint density at radius 2 is 1.81 bits per heavy atom. The van der Waals surface area contributed by atoms with E-state index in [0.29, 0.717) is 11.5 Å². The number of ether oxygens (including phenoxy) is 1. The summed E-state index contributed by atoms with van der Waals surface area (Å²) < 4.78 is 72.4. The van der Waals surface area contributed by atoms with Crippen LogP contribution in [0.1, 0.15) is 5.76 Å². The Balaban J connectivity index is 1.65. The van der Waals surface area contributed by atoms with Gasteiger partial charge in [0.15, 0.2) is 0 Å². The minimum atomic E-state index is -4.84. The Labute approximate surface area is 151 Å². The molecule has 0 fully saturated rings. The molecule has 3 aromatic rings. The summed E-state index contributed by atoms with van der Waals surface area (Å²) in [7, 11) is -3.91. The maximum Gasteiger partial charge on any atom is 0.573 e. The summed E-state index contributed by atoms with van der Waals surface area (Å²) in [5.74, 6) is 0.531. The summed E-state index contributed by atoms with van der Waals surface area (Å²) >= 11 is 1.51. The molecule has 0 atom stereocenters. The summed E-state index contributed by atoms with van der Waals surface area (Å²) in [6, 6.07) is 9.19. The van der Waals surface area contributed by atoms with Gasteiger partial charge < -0.3 is 9.15 Å². The lowest BCUT2D eigenvalue weighted by Gasteiger charge is -2.10. The molecule has 0 spiro atoms. The molecule has 1 N–H and O–H groups in total. The largest absolute Gasteiger partial charge is 0.573 e. The lowest BCUT2D eigenvalue weighted by molar-refractivity contribution is -0.274. The molecular formula is C16H12F3NO4S2. The number of alkyl halides is 3. The topological polar surface area (TPSA) is 68.5 Å². The van der Waals surface area contributed by atoms with Crippen molar-refractivity contribution in [3.8, 4) is 17.1 Å². The average Bonchev–Trinajstić information content (AvgIpc) is 3.23. The number of benzene rings is 1. The Morgan fingerprint density at radius 1 is 1.08 bits per heavy atom. The fraction of sp³-hybridized carbons (Fsp3) is 0.125. The first-order chi connectivity index (χ1) is 12.2. The first-order valence-electron chi connectivity index (χ1n) is 7.20. The van der Waals surface area contributed by atoms with Crippen LogP contribution in [0.25, 0.3) is 11.3 Å². The van der Waals surface area contributed by atoms with Gasteiger partial charge in [0.1, 0.15) is 17.3 Å². The third kappa shape index (κ3) is 4.65. The second-order valence-corrected chi connectivity index (χ2v) is 7.67. The Morgan fingerprint density at radius 3 is 2.42 bits per heavy atom. The predicted molar refractivity (Wildman–Crippen MR) is 89.2 cm³/mol. The van der Waals surface area contributed by atoms with Gasteiger partial charge in [-0.3, -0.25) is 0 Å². The van der Waals surface area contributed by atoms with Crippen molar-refractivity contribution in [2.75, 3.05) is 0 Å². The minimum Gasteiger partial charge on any atom is -0.460 e. The quantitative estimate of drug-likeness (QED) is 0.663. The number of rotatable bonds is 6. The van der Waals surface area contributed by atoms with Crippen molar-refractivity contribution >= 4 is 21.4 Å². The highest BCUT2D eigenvalue weighted by molar-refractivity contribution is 7.89. The molecule has 3 rings (SSSR count). The van der Waals surface area contributed by atoms with Crippen molar-refractivity contribution in [3.63, 3.8) is 0 Å². The smallest absolute Gasteiger partial charge is 0.460 e. The molecule has 0 bridgehead atoms. The van der Waals surface area contributed by atoms with Crippen LogP contribution in [0, 0.1) is 0 Å². The molecule has 5 nitrogen and oxygen atoms in total. The van der Waals surface area contributed by atoms with Crippen LogP contribution in [-0.4, -0.2) is 14.8 Å². The molecule has 0 unspecified atom stereocenters. The predicted octanol–water partition coefficient (Wildman–Crippen LogP) is 4.39. The molecule has 138 valence electrons. The molecule has 10 heteroatoms. The highest BCUT2D eigenvalue weighted by Crippen LogP contribution is 2.25. The standard InChI is InChI=1S/C16H12F3NO4S2/c17-16(18,19)24-12-1-4-14(5-2-12)26(21,22)20-9-13-3-6-15(23-13)11-7-8-25-10-11/h1-8,10,20H,9H2. The van der Waals surface area contributed by atoms with E-state index >= 15 is 0 Å². The van der Waals surface area contributed by atoms with Crippen LogP contribution in [0.2, 0.25) is 0 Å². The molecule has 0 saturated heterocycles. The zero-order chi connectivity index (χ0) is 18.8. The highest BCUT2D eigenvalue weighted by atomic mass is 32.2. The zero-order valence-electron chi connectivity index (χ0n) is 13.0. The molecule has 2 aromatic heterocycles. The maximum atomic E-state index is 12.2. The second-order valence-electron chi connectivity index (χ2n) is 5.12. The summed E-state index contributed by atoms with van der Waals surface area (Å²) in [4.78, 5) is -0.184. The van der Waals surface area contributed by atoms with Crippen molar-refractivity contribution in [1.29, 1.82) is 0 Å². The van der Waals surface area contributed by atoms with Gasteiger partial charge in [0.25, 0.3) is 0 Å². The number of halogens is 3. The lowest BCUT2D eigenvalue weighted by atomic mass is 10.3. The van der Waals surface area contributed by atoms with E-state index in [4.69, 9.17) is 4.42 Å². The molecule has 0 saturated carbocycles. The van der Waals surface area contributed by atoms with Crippen LogP contribution in [0.4, 0.5) is 13.2 Å². The summed E-state index contributed by atoms with van der Waals surface area (Å²) in [5, 5.41) is 3.80. The fourth-order valence-electron chi connectivity index (χ4n) is 2.10. The Kier molecular flexibility index (Phi) is 5.08. The van der Waals surface area contributed by atoms with E-state index in [9.17, 15) is 21.6 Å². The lowest BCUT2D eigenvalue weighted by Crippen LogP contribution is -2.23. The van der Waals surface area contributed by atoms with E-state index in [2.05, 4.69) is 9.46 Å². The van der Waals surface area contributed by atoms with Gasteiger partial charge in [0, 0.05) is 10.9 Å². The van der Waals surface area contributed by atoms with Crippen molar-refractivity contribution < 1.29 is 30.7 Å². The third-order valence-electron chi connectivity index (χ3n) is 3.27. The Bertz CT molecular complexity index is 962. The van der Waals surface area contributed by atoms with E-state index < -0.39 is 22.1 Å². The average molecular weight is 403 g/mol. The molecule has 1 aromatic carbocycles. The molecular weight excluding hydrogens is 391 g/mol.